The quantitative estimate of drug-likeness (QED) is 0.875. The minimum Gasteiger partial charge on any atom is -0.361 e. The Morgan fingerprint density at radius 2 is 2.00 bits per heavy atom. The summed E-state index contributed by atoms with van der Waals surface area (Å²) in [6, 6.07) is 0. The number of rotatable bonds is 3. The van der Waals surface area contributed by atoms with Gasteiger partial charge < -0.3 is 4.90 Å². The molecule has 0 bridgehead atoms. The summed E-state index contributed by atoms with van der Waals surface area (Å²) < 4.78 is 6.83. The van der Waals surface area contributed by atoms with E-state index in [1.165, 1.54) is 43.6 Å². The fraction of sp³-hybridized carbons (Fsp3) is 0.667. The maximum atomic E-state index is 12.6. The number of aromatic nitrogens is 3. The van der Waals surface area contributed by atoms with E-state index in [2.05, 4.69) is 9.47 Å². The number of hydrogen-bond acceptors (Lipinski definition) is 5. The summed E-state index contributed by atoms with van der Waals surface area (Å²) in [4.78, 5) is 14.6. The zero-order valence-electron chi connectivity index (χ0n) is 12.9. The monoisotopic (exact) mass is 306 g/mol. The molecule has 2 aromatic rings. The molecular formula is C15H22N4OS. The maximum Gasteiger partial charge on any atom is 0.286 e. The summed E-state index contributed by atoms with van der Waals surface area (Å²) in [7, 11) is 3.89. The lowest BCUT2D eigenvalue weighted by Gasteiger charge is -2.21. The summed E-state index contributed by atoms with van der Waals surface area (Å²) in [5, 5.41) is 5.47. The molecule has 1 fully saturated rings. The molecule has 5 nitrogen and oxygen atoms in total. The highest BCUT2D eigenvalue weighted by Gasteiger charge is 2.20. The molecule has 3 rings (SSSR count). The molecule has 21 heavy (non-hydrogen) atoms. The van der Waals surface area contributed by atoms with Crippen molar-refractivity contribution in [2.45, 2.75) is 45.6 Å². The van der Waals surface area contributed by atoms with Gasteiger partial charge in [0.2, 0.25) is 0 Å². The third-order valence-electron chi connectivity index (χ3n) is 4.31. The average Bonchev–Trinajstić information content (AvgIpc) is 2.91. The van der Waals surface area contributed by atoms with Crippen molar-refractivity contribution in [3.63, 3.8) is 0 Å². The Labute approximate surface area is 128 Å². The first kappa shape index (κ1) is 14.5. The van der Waals surface area contributed by atoms with E-state index in [1.807, 2.05) is 25.9 Å². The second-order valence-electron chi connectivity index (χ2n) is 6.18. The summed E-state index contributed by atoms with van der Waals surface area (Å²) in [6.45, 7) is 2.73. The summed E-state index contributed by atoms with van der Waals surface area (Å²) >= 11 is 1.29. The van der Waals surface area contributed by atoms with Crippen LogP contribution in [0.2, 0.25) is 0 Å². The van der Waals surface area contributed by atoms with Gasteiger partial charge in [-0.2, -0.15) is 9.47 Å². The predicted molar refractivity (Wildman–Crippen MR) is 87.3 cm³/mol. The first-order valence-corrected chi connectivity index (χ1v) is 8.39. The maximum absolute atomic E-state index is 12.6. The lowest BCUT2D eigenvalue weighted by atomic mass is 9.89. The molecule has 1 aliphatic rings. The van der Waals surface area contributed by atoms with Gasteiger partial charge >= 0.3 is 0 Å². The minimum absolute atomic E-state index is 0.0202. The Bertz CT molecular complexity index is 697. The molecule has 0 atom stereocenters. The molecule has 0 unspecified atom stereocenters. The van der Waals surface area contributed by atoms with E-state index in [4.69, 9.17) is 0 Å². The molecule has 0 aliphatic heterocycles. The van der Waals surface area contributed by atoms with Gasteiger partial charge in [0.1, 0.15) is 4.70 Å². The van der Waals surface area contributed by atoms with Gasteiger partial charge in [0.05, 0.1) is 11.1 Å². The van der Waals surface area contributed by atoms with E-state index in [1.54, 1.807) is 4.68 Å². The fourth-order valence-electron chi connectivity index (χ4n) is 3.19. The average molecular weight is 306 g/mol. The van der Waals surface area contributed by atoms with Gasteiger partial charge in [-0.3, -0.25) is 4.79 Å². The number of aryl methyl sites for hydroxylation is 1. The minimum atomic E-state index is 0.0202. The third kappa shape index (κ3) is 2.69. The fourth-order valence-corrected chi connectivity index (χ4v) is 4.14. The van der Waals surface area contributed by atoms with Gasteiger partial charge in [0.25, 0.3) is 5.56 Å². The Balaban J connectivity index is 2.01. The summed E-state index contributed by atoms with van der Waals surface area (Å²) in [5.74, 6) is 1.45. The number of anilines is 1. The van der Waals surface area contributed by atoms with E-state index in [-0.39, 0.29) is 5.56 Å². The number of fused-ring (bicyclic) bond motifs is 1. The topological polar surface area (TPSA) is 51.0 Å². The van der Waals surface area contributed by atoms with Crippen molar-refractivity contribution in [3.8, 4) is 0 Å². The molecule has 1 aliphatic carbocycles. The predicted octanol–water partition coefficient (Wildman–Crippen LogP) is 2.81. The first-order valence-electron chi connectivity index (χ1n) is 7.62. The first-order chi connectivity index (χ1) is 10.1. The van der Waals surface area contributed by atoms with Crippen LogP contribution in [0.1, 0.15) is 37.8 Å². The number of hydrogen-bond donors (Lipinski definition) is 0. The van der Waals surface area contributed by atoms with E-state index >= 15 is 0 Å². The van der Waals surface area contributed by atoms with Crippen LogP contribution in [0.25, 0.3) is 10.1 Å². The molecule has 0 aromatic carbocycles. The number of nitrogens with zero attached hydrogens (tertiary/aromatic N) is 4. The van der Waals surface area contributed by atoms with Crippen LogP contribution in [0, 0.1) is 12.8 Å². The van der Waals surface area contributed by atoms with E-state index in [0.717, 1.165) is 28.1 Å². The standard InChI is InChI=1S/C15H22N4OS/c1-10-12-13(21-17-14(12)18(2)3)15(20)19(16-10)9-11-7-5-4-6-8-11/h11H,4-9H2,1-3H3. The highest BCUT2D eigenvalue weighted by atomic mass is 32.1. The molecule has 0 amide bonds. The second kappa shape index (κ2) is 5.75. The molecular weight excluding hydrogens is 284 g/mol. The molecule has 0 N–H and O–H groups in total. The van der Waals surface area contributed by atoms with Crippen LogP contribution >= 0.6 is 11.5 Å². The summed E-state index contributed by atoms with van der Waals surface area (Å²) in [5.41, 5.74) is 0.921. The van der Waals surface area contributed by atoms with Crippen LogP contribution in [0.5, 0.6) is 0 Å². The Kier molecular flexibility index (Phi) is 3.97. The molecule has 2 heterocycles. The van der Waals surface area contributed by atoms with Crippen LogP contribution in [0.3, 0.4) is 0 Å². The second-order valence-corrected chi connectivity index (χ2v) is 6.95. The van der Waals surface area contributed by atoms with Crippen molar-refractivity contribution in [1.82, 2.24) is 14.2 Å². The van der Waals surface area contributed by atoms with Crippen molar-refractivity contribution >= 4 is 27.4 Å². The van der Waals surface area contributed by atoms with Crippen molar-refractivity contribution in [2.24, 2.45) is 5.92 Å². The zero-order chi connectivity index (χ0) is 15.0. The molecule has 114 valence electrons. The van der Waals surface area contributed by atoms with Gasteiger partial charge in [-0.25, -0.2) is 4.68 Å². The van der Waals surface area contributed by atoms with Gasteiger partial charge in [0.15, 0.2) is 5.82 Å². The van der Waals surface area contributed by atoms with Crippen LogP contribution < -0.4 is 10.5 Å². The van der Waals surface area contributed by atoms with E-state index in [0.29, 0.717) is 5.92 Å². The van der Waals surface area contributed by atoms with E-state index in [9.17, 15) is 4.79 Å². The van der Waals surface area contributed by atoms with Crippen LogP contribution in [-0.4, -0.2) is 28.2 Å². The normalized spacial score (nSPS) is 16.5. The SMILES string of the molecule is Cc1nn(CC2CCCCC2)c(=O)c2snc(N(C)C)c12. The lowest BCUT2D eigenvalue weighted by molar-refractivity contribution is 0.303. The molecule has 0 saturated heterocycles. The highest BCUT2D eigenvalue weighted by Crippen LogP contribution is 2.29. The van der Waals surface area contributed by atoms with Crippen molar-refractivity contribution in [3.05, 3.63) is 16.0 Å². The van der Waals surface area contributed by atoms with Gasteiger partial charge in [0, 0.05) is 20.6 Å². The van der Waals surface area contributed by atoms with Crippen LogP contribution in [0.4, 0.5) is 5.82 Å². The third-order valence-corrected chi connectivity index (χ3v) is 5.14. The summed E-state index contributed by atoms with van der Waals surface area (Å²) in [6.07, 6.45) is 6.34. The van der Waals surface area contributed by atoms with Crippen molar-refractivity contribution < 1.29 is 0 Å². The van der Waals surface area contributed by atoms with Gasteiger partial charge in [-0.05, 0) is 37.2 Å². The van der Waals surface area contributed by atoms with Gasteiger partial charge in [-0.1, -0.05) is 19.3 Å². The van der Waals surface area contributed by atoms with Crippen molar-refractivity contribution in [2.75, 3.05) is 19.0 Å². The zero-order valence-corrected chi connectivity index (χ0v) is 13.7. The Hall–Kier alpha value is -1.43. The molecule has 0 radical (unpaired) electrons. The van der Waals surface area contributed by atoms with Crippen LogP contribution in [-0.2, 0) is 6.54 Å². The van der Waals surface area contributed by atoms with Crippen molar-refractivity contribution in [1.29, 1.82) is 0 Å². The largest absolute Gasteiger partial charge is 0.361 e. The van der Waals surface area contributed by atoms with Crippen LogP contribution in [0.15, 0.2) is 4.79 Å². The highest BCUT2D eigenvalue weighted by molar-refractivity contribution is 7.13. The Morgan fingerprint density at radius 3 is 2.67 bits per heavy atom. The lowest BCUT2D eigenvalue weighted by Crippen LogP contribution is -2.28. The Morgan fingerprint density at radius 1 is 1.29 bits per heavy atom. The molecule has 1 saturated carbocycles. The molecule has 6 heteroatoms. The van der Waals surface area contributed by atoms with Gasteiger partial charge in [-0.15, -0.1) is 0 Å². The molecule has 2 aromatic heterocycles. The smallest absolute Gasteiger partial charge is 0.286 e. The molecule has 0 spiro atoms. The van der Waals surface area contributed by atoms with E-state index < -0.39 is 0 Å².